The van der Waals surface area contributed by atoms with E-state index in [0.29, 0.717) is 5.56 Å². The lowest BCUT2D eigenvalue weighted by molar-refractivity contribution is -0.274. The number of amides is 1. The van der Waals surface area contributed by atoms with Crippen LogP contribution in [0, 0.1) is 6.92 Å². The highest BCUT2D eigenvalue weighted by atomic mass is 19.4. The van der Waals surface area contributed by atoms with Crippen molar-refractivity contribution in [3.05, 3.63) is 59.1 Å². The van der Waals surface area contributed by atoms with Gasteiger partial charge in [0.05, 0.1) is 17.9 Å². The molecule has 4 rings (SSSR count). The highest BCUT2D eigenvalue weighted by Crippen LogP contribution is 2.42. The zero-order valence-electron chi connectivity index (χ0n) is 18.0. The quantitative estimate of drug-likeness (QED) is 0.531. The van der Waals surface area contributed by atoms with E-state index in [1.165, 1.54) is 30.2 Å². The van der Waals surface area contributed by atoms with Crippen LogP contribution < -0.4 is 10.1 Å². The van der Waals surface area contributed by atoms with E-state index in [-0.39, 0.29) is 34.5 Å². The fraction of sp³-hybridized carbons (Fsp3) is 0.333. The summed E-state index contributed by atoms with van der Waals surface area (Å²) in [6, 6.07) is 3.15. The van der Waals surface area contributed by atoms with Gasteiger partial charge in [-0.3, -0.25) is 4.79 Å². The van der Waals surface area contributed by atoms with Crippen molar-refractivity contribution in [3.63, 3.8) is 0 Å². The van der Waals surface area contributed by atoms with E-state index < -0.39 is 30.0 Å². The number of benzene rings is 1. The van der Waals surface area contributed by atoms with Crippen LogP contribution in [-0.4, -0.2) is 48.1 Å². The maximum Gasteiger partial charge on any atom is 0.573 e. The summed E-state index contributed by atoms with van der Waals surface area (Å²) < 4.78 is 43.5. The van der Waals surface area contributed by atoms with Gasteiger partial charge in [0.1, 0.15) is 12.1 Å². The van der Waals surface area contributed by atoms with Crippen molar-refractivity contribution >= 4 is 11.9 Å². The van der Waals surface area contributed by atoms with E-state index in [0.717, 1.165) is 18.9 Å². The normalized spacial score (nSPS) is 14.5. The summed E-state index contributed by atoms with van der Waals surface area (Å²) in [5.41, 5.74) is 0.575. The Morgan fingerprint density at radius 1 is 1.24 bits per heavy atom. The lowest BCUT2D eigenvalue weighted by Gasteiger charge is -2.16. The van der Waals surface area contributed by atoms with E-state index in [2.05, 4.69) is 30.1 Å². The van der Waals surface area contributed by atoms with Crippen LogP contribution in [0.5, 0.6) is 5.75 Å². The Labute approximate surface area is 190 Å². The van der Waals surface area contributed by atoms with Crippen LogP contribution in [0.2, 0.25) is 0 Å². The van der Waals surface area contributed by atoms with E-state index >= 15 is 0 Å². The molecule has 2 aromatic heterocycles. The van der Waals surface area contributed by atoms with Crippen molar-refractivity contribution in [2.24, 2.45) is 0 Å². The summed E-state index contributed by atoms with van der Waals surface area (Å²) in [5.74, 6) is -1.76. The minimum Gasteiger partial charge on any atom is -0.476 e. The predicted octanol–water partition coefficient (Wildman–Crippen LogP) is 3.33. The number of hydrogen-bond acceptors (Lipinski definition) is 7. The number of aromatic nitrogens is 5. The zero-order chi connectivity index (χ0) is 24.6. The second-order valence-electron chi connectivity index (χ2n) is 7.81. The van der Waals surface area contributed by atoms with Crippen LogP contribution >= 0.6 is 0 Å². The first-order chi connectivity index (χ1) is 16.0. The number of alkyl halides is 3. The summed E-state index contributed by atoms with van der Waals surface area (Å²) in [5, 5.41) is 15.9. The van der Waals surface area contributed by atoms with Crippen LogP contribution in [0.3, 0.4) is 0 Å². The summed E-state index contributed by atoms with van der Waals surface area (Å²) in [4.78, 5) is 36.2. The Balaban J connectivity index is 1.57. The summed E-state index contributed by atoms with van der Waals surface area (Å²) in [6.45, 7) is 3.09. The average Bonchev–Trinajstić information content (AvgIpc) is 3.48. The average molecular weight is 476 g/mol. The second kappa shape index (κ2) is 8.72. The van der Waals surface area contributed by atoms with Crippen molar-refractivity contribution in [1.82, 2.24) is 30.0 Å². The lowest BCUT2D eigenvalue weighted by atomic mass is 10.1. The molecule has 1 amide bonds. The number of carboxylic acids is 1. The third-order valence-electron chi connectivity index (χ3n) is 5.14. The summed E-state index contributed by atoms with van der Waals surface area (Å²) in [7, 11) is 0. The molecular weight excluding hydrogens is 457 g/mol. The molecule has 2 N–H and O–H groups in total. The van der Waals surface area contributed by atoms with Gasteiger partial charge in [-0.15, -0.1) is 13.2 Å². The minimum absolute atomic E-state index is 0.0167. The van der Waals surface area contributed by atoms with Gasteiger partial charge in [-0.2, -0.15) is 9.78 Å². The Hall–Kier alpha value is -4.03. The molecule has 1 atom stereocenters. The molecule has 34 heavy (non-hydrogen) atoms. The topological polar surface area (TPSA) is 132 Å². The number of carbonyl (C=O) groups is 2. The molecule has 0 aliphatic heterocycles. The fourth-order valence-corrected chi connectivity index (χ4v) is 3.45. The number of hydrogen-bond donors (Lipinski definition) is 2. The van der Waals surface area contributed by atoms with Gasteiger partial charge in [0.15, 0.2) is 17.3 Å². The standard InChI is InChI=1S/C21H19F3N6O4/c1-10-17(20(32)33)25-8-16(28-10)30-18(26-9-27-30)11(2)29-19(31)14-5-13(12-3-4-12)6-15(7-14)34-21(22,23)24/h5-9,11-12H,3-4H2,1-2H3,(H,29,31)(H,32,33)/t11-/m0/s1. The second-order valence-corrected chi connectivity index (χ2v) is 7.81. The van der Waals surface area contributed by atoms with Crippen molar-refractivity contribution in [3.8, 4) is 11.6 Å². The molecule has 1 aromatic carbocycles. The van der Waals surface area contributed by atoms with E-state index in [1.54, 1.807) is 13.0 Å². The highest BCUT2D eigenvalue weighted by Gasteiger charge is 2.33. The van der Waals surface area contributed by atoms with E-state index in [4.69, 9.17) is 5.11 Å². The van der Waals surface area contributed by atoms with Crippen molar-refractivity contribution in [2.45, 2.75) is 45.0 Å². The van der Waals surface area contributed by atoms with Crippen LogP contribution in [0.1, 0.15) is 69.7 Å². The number of halogens is 3. The largest absolute Gasteiger partial charge is 0.573 e. The van der Waals surface area contributed by atoms with E-state index in [1.807, 2.05) is 0 Å². The van der Waals surface area contributed by atoms with Gasteiger partial charge in [0.2, 0.25) is 0 Å². The highest BCUT2D eigenvalue weighted by molar-refractivity contribution is 5.95. The number of ether oxygens (including phenoxy) is 1. The molecule has 0 radical (unpaired) electrons. The Morgan fingerprint density at radius 2 is 1.97 bits per heavy atom. The van der Waals surface area contributed by atoms with Crippen LogP contribution in [-0.2, 0) is 0 Å². The molecular formula is C21H19F3N6O4. The number of carbonyl (C=O) groups excluding carboxylic acids is 1. The number of nitrogens with one attached hydrogen (secondary N) is 1. The Morgan fingerprint density at radius 3 is 2.59 bits per heavy atom. The number of aromatic carboxylic acids is 1. The monoisotopic (exact) mass is 476 g/mol. The summed E-state index contributed by atoms with van der Waals surface area (Å²) >= 11 is 0. The Kier molecular flexibility index (Phi) is 5.94. The van der Waals surface area contributed by atoms with Gasteiger partial charge in [-0.25, -0.2) is 19.7 Å². The first-order valence-corrected chi connectivity index (χ1v) is 10.2. The smallest absolute Gasteiger partial charge is 0.476 e. The molecule has 2 heterocycles. The lowest BCUT2D eigenvalue weighted by Crippen LogP contribution is -2.29. The molecule has 1 fully saturated rings. The third-order valence-corrected chi connectivity index (χ3v) is 5.14. The molecule has 10 nitrogen and oxygen atoms in total. The number of aryl methyl sites for hydroxylation is 1. The van der Waals surface area contributed by atoms with Gasteiger partial charge in [0, 0.05) is 5.56 Å². The molecule has 1 saturated carbocycles. The molecule has 1 aliphatic carbocycles. The Bertz CT molecular complexity index is 1260. The molecule has 0 bridgehead atoms. The number of nitrogens with zero attached hydrogens (tertiary/aromatic N) is 5. The number of rotatable bonds is 7. The molecule has 3 aromatic rings. The maximum absolute atomic E-state index is 12.9. The van der Waals surface area contributed by atoms with Crippen LogP contribution in [0.25, 0.3) is 5.82 Å². The van der Waals surface area contributed by atoms with E-state index in [9.17, 15) is 22.8 Å². The fourth-order valence-electron chi connectivity index (χ4n) is 3.45. The van der Waals surface area contributed by atoms with Gasteiger partial charge in [-0.1, -0.05) is 0 Å². The zero-order valence-corrected chi connectivity index (χ0v) is 18.0. The molecule has 178 valence electrons. The molecule has 0 spiro atoms. The third kappa shape index (κ3) is 5.13. The molecule has 1 aliphatic rings. The van der Waals surface area contributed by atoms with Crippen LogP contribution in [0.15, 0.2) is 30.7 Å². The van der Waals surface area contributed by atoms with Gasteiger partial charge >= 0.3 is 12.3 Å². The van der Waals surface area contributed by atoms with Gasteiger partial charge < -0.3 is 15.2 Å². The van der Waals surface area contributed by atoms with Crippen LogP contribution in [0.4, 0.5) is 13.2 Å². The SMILES string of the molecule is Cc1nc(-n2ncnc2[C@H](C)NC(=O)c2cc(OC(F)(F)F)cc(C3CC3)c2)cnc1C(=O)O. The van der Waals surface area contributed by atoms with Crippen molar-refractivity contribution < 1.29 is 32.6 Å². The first kappa shape index (κ1) is 23.1. The molecule has 13 heteroatoms. The van der Waals surface area contributed by atoms with Crippen molar-refractivity contribution in [2.75, 3.05) is 0 Å². The molecule has 0 saturated heterocycles. The minimum atomic E-state index is -4.88. The summed E-state index contributed by atoms with van der Waals surface area (Å²) in [6.07, 6.45) is -0.782. The molecule has 0 unspecified atom stereocenters. The van der Waals surface area contributed by atoms with Gasteiger partial charge in [-0.05, 0) is 56.4 Å². The predicted molar refractivity (Wildman–Crippen MR) is 110 cm³/mol. The van der Waals surface area contributed by atoms with Crippen molar-refractivity contribution in [1.29, 1.82) is 0 Å². The first-order valence-electron chi connectivity index (χ1n) is 10.2. The van der Waals surface area contributed by atoms with Gasteiger partial charge in [0.25, 0.3) is 5.91 Å². The number of carboxylic acid groups (broad SMARTS) is 1. The maximum atomic E-state index is 12.9.